The molecule has 1 amide bonds. The molecule has 3 aromatic rings. The lowest BCUT2D eigenvalue weighted by Gasteiger charge is -2.31. The van der Waals surface area contributed by atoms with E-state index in [2.05, 4.69) is 9.97 Å². The zero-order chi connectivity index (χ0) is 17.1. The van der Waals surface area contributed by atoms with Gasteiger partial charge in [-0.15, -0.1) is 0 Å². The van der Waals surface area contributed by atoms with Gasteiger partial charge in [-0.2, -0.15) is 4.73 Å². The number of carbonyl (C=O) groups excluding carboxylic acids is 1. The number of hydrogen-bond acceptors (Lipinski definition) is 5. The highest BCUT2D eigenvalue weighted by molar-refractivity contribution is 5.81. The van der Waals surface area contributed by atoms with E-state index in [-0.39, 0.29) is 12.2 Å². The summed E-state index contributed by atoms with van der Waals surface area (Å²) in [4.78, 5) is 28.0. The van der Waals surface area contributed by atoms with Crippen LogP contribution in [-0.4, -0.2) is 44.9 Å². The predicted octanol–water partition coefficient (Wildman–Crippen LogP) is 2.52. The number of carbonyl (C=O) groups is 1. The summed E-state index contributed by atoms with van der Waals surface area (Å²) in [5.41, 5.74) is 0.806. The number of aromatic nitrogens is 3. The zero-order valence-electron chi connectivity index (χ0n) is 13.6. The SMILES string of the molecule is O=C(Oc1ccc2cccnc2c1)N1CCC(On2ccnc2)CC1. The number of imidazole rings is 1. The average Bonchev–Trinajstić information content (AvgIpc) is 3.15. The average molecular weight is 338 g/mol. The standard InChI is InChI=1S/C18H18N4O3/c23-18(24-16-4-3-14-2-1-7-20-17(14)12-16)21-9-5-15(6-10-21)25-22-11-8-19-13-22/h1-4,7-8,11-13,15H,5-6,9-10H2. The molecule has 1 fully saturated rings. The van der Waals surface area contributed by atoms with E-state index in [4.69, 9.17) is 9.57 Å². The Labute approximate surface area is 144 Å². The minimum Gasteiger partial charge on any atom is -0.410 e. The van der Waals surface area contributed by atoms with Crippen molar-refractivity contribution in [2.24, 2.45) is 0 Å². The highest BCUT2D eigenvalue weighted by Gasteiger charge is 2.25. The van der Waals surface area contributed by atoms with Gasteiger partial charge in [0.05, 0.1) is 11.7 Å². The van der Waals surface area contributed by atoms with Crippen LogP contribution in [0.2, 0.25) is 0 Å². The number of amides is 1. The Morgan fingerprint density at radius 3 is 2.84 bits per heavy atom. The van der Waals surface area contributed by atoms with Crippen molar-refractivity contribution in [3.63, 3.8) is 0 Å². The van der Waals surface area contributed by atoms with E-state index in [0.29, 0.717) is 18.8 Å². The van der Waals surface area contributed by atoms with Crippen LogP contribution in [0.15, 0.2) is 55.2 Å². The Hall–Kier alpha value is -3.09. The molecule has 0 radical (unpaired) electrons. The van der Waals surface area contributed by atoms with Gasteiger partial charge in [-0.25, -0.2) is 9.78 Å². The molecule has 7 nitrogen and oxygen atoms in total. The second-order valence-corrected chi connectivity index (χ2v) is 5.94. The Kier molecular flexibility index (Phi) is 4.20. The van der Waals surface area contributed by atoms with E-state index in [1.807, 2.05) is 18.2 Å². The van der Waals surface area contributed by atoms with Gasteiger partial charge in [-0.05, 0) is 18.2 Å². The maximum absolute atomic E-state index is 12.4. The summed E-state index contributed by atoms with van der Waals surface area (Å²) in [5, 5.41) is 1.01. The molecule has 0 spiro atoms. The number of fused-ring (bicyclic) bond motifs is 1. The van der Waals surface area contributed by atoms with Gasteiger partial charge < -0.3 is 14.5 Å². The molecule has 0 atom stereocenters. The monoisotopic (exact) mass is 338 g/mol. The third-order valence-electron chi connectivity index (χ3n) is 4.23. The van der Waals surface area contributed by atoms with Crippen molar-refractivity contribution < 1.29 is 14.4 Å². The van der Waals surface area contributed by atoms with Crippen LogP contribution in [0, 0.1) is 0 Å². The first-order valence-electron chi connectivity index (χ1n) is 8.24. The maximum atomic E-state index is 12.4. The van der Waals surface area contributed by atoms with Crippen LogP contribution in [0.3, 0.4) is 0 Å². The predicted molar refractivity (Wildman–Crippen MR) is 91.2 cm³/mol. The molecule has 128 valence electrons. The lowest BCUT2D eigenvalue weighted by Crippen LogP contribution is -2.44. The van der Waals surface area contributed by atoms with Crippen molar-refractivity contribution in [3.05, 3.63) is 55.2 Å². The number of benzene rings is 1. The summed E-state index contributed by atoms with van der Waals surface area (Å²) in [6.07, 6.45) is 8.02. The molecule has 4 rings (SSSR count). The van der Waals surface area contributed by atoms with Crippen molar-refractivity contribution in [2.75, 3.05) is 13.1 Å². The molecule has 0 N–H and O–H groups in total. The Morgan fingerprint density at radius 1 is 1.16 bits per heavy atom. The fraction of sp³-hybridized carbons (Fsp3) is 0.278. The quantitative estimate of drug-likeness (QED) is 0.734. The van der Waals surface area contributed by atoms with Gasteiger partial charge in [0.2, 0.25) is 0 Å². The van der Waals surface area contributed by atoms with Gasteiger partial charge in [0.1, 0.15) is 18.2 Å². The molecule has 1 saturated heterocycles. The van der Waals surface area contributed by atoms with Crippen LogP contribution in [0.25, 0.3) is 10.9 Å². The van der Waals surface area contributed by atoms with Gasteiger partial charge in [-0.1, -0.05) is 6.07 Å². The highest BCUT2D eigenvalue weighted by atomic mass is 16.7. The molecule has 1 aliphatic rings. The summed E-state index contributed by atoms with van der Waals surface area (Å²) >= 11 is 0. The van der Waals surface area contributed by atoms with Crippen molar-refractivity contribution in [3.8, 4) is 5.75 Å². The normalized spacial score (nSPS) is 15.3. The molecular weight excluding hydrogens is 320 g/mol. The molecule has 25 heavy (non-hydrogen) atoms. The van der Waals surface area contributed by atoms with Crippen LogP contribution in [0.4, 0.5) is 4.79 Å². The summed E-state index contributed by atoms with van der Waals surface area (Å²) in [6.45, 7) is 1.20. The number of pyridine rings is 1. The molecule has 0 aliphatic carbocycles. The summed E-state index contributed by atoms with van der Waals surface area (Å²) in [6, 6.07) is 9.32. The molecule has 3 heterocycles. The Morgan fingerprint density at radius 2 is 2.04 bits per heavy atom. The molecule has 0 unspecified atom stereocenters. The summed E-state index contributed by atoms with van der Waals surface area (Å²) in [7, 11) is 0. The van der Waals surface area contributed by atoms with Crippen LogP contribution in [0.5, 0.6) is 5.75 Å². The molecule has 2 aromatic heterocycles. The maximum Gasteiger partial charge on any atom is 0.415 e. The van der Waals surface area contributed by atoms with Crippen molar-refractivity contribution in [1.29, 1.82) is 0 Å². The molecular formula is C18H18N4O3. The van der Waals surface area contributed by atoms with Gasteiger partial charge in [0, 0.05) is 49.8 Å². The molecule has 0 saturated carbocycles. The number of nitrogens with zero attached hydrogens (tertiary/aromatic N) is 4. The molecule has 0 bridgehead atoms. The smallest absolute Gasteiger partial charge is 0.410 e. The number of piperidine rings is 1. The third-order valence-corrected chi connectivity index (χ3v) is 4.23. The van der Waals surface area contributed by atoms with Crippen LogP contribution >= 0.6 is 0 Å². The number of likely N-dealkylation sites (tertiary alicyclic amines) is 1. The van der Waals surface area contributed by atoms with E-state index in [1.165, 1.54) is 0 Å². The van der Waals surface area contributed by atoms with Gasteiger partial charge in [-0.3, -0.25) is 4.98 Å². The molecule has 7 heteroatoms. The number of rotatable bonds is 3. The Bertz CT molecular complexity index is 858. The second-order valence-electron chi connectivity index (χ2n) is 5.94. The topological polar surface area (TPSA) is 69.5 Å². The van der Waals surface area contributed by atoms with Crippen LogP contribution in [0.1, 0.15) is 12.8 Å². The Balaban J connectivity index is 1.33. The summed E-state index contributed by atoms with van der Waals surface area (Å²) < 4.78 is 7.09. The zero-order valence-corrected chi connectivity index (χ0v) is 13.6. The first-order chi connectivity index (χ1) is 12.3. The second kappa shape index (κ2) is 6.80. The highest BCUT2D eigenvalue weighted by Crippen LogP contribution is 2.20. The van der Waals surface area contributed by atoms with E-state index < -0.39 is 0 Å². The van der Waals surface area contributed by atoms with Gasteiger partial charge in [0.25, 0.3) is 0 Å². The minimum atomic E-state index is -0.337. The van der Waals surface area contributed by atoms with E-state index in [1.54, 1.807) is 46.7 Å². The van der Waals surface area contributed by atoms with Crippen molar-refractivity contribution in [1.82, 2.24) is 19.6 Å². The lowest BCUT2D eigenvalue weighted by molar-refractivity contribution is -0.0000146. The van der Waals surface area contributed by atoms with Gasteiger partial charge in [0.15, 0.2) is 0 Å². The van der Waals surface area contributed by atoms with Gasteiger partial charge >= 0.3 is 6.09 Å². The fourth-order valence-electron chi connectivity index (χ4n) is 2.90. The van der Waals surface area contributed by atoms with Crippen molar-refractivity contribution >= 4 is 17.0 Å². The molecule has 1 aliphatic heterocycles. The lowest BCUT2D eigenvalue weighted by atomic mass is 10.1. The van der Waals surface area contributed by atoms with Crippen molar-refractivity contribution in [2.45, 2.75) is 18.9 Å². The van der Waals surface area contributed by atoms with E-state index in [9.17, 15) is 4.79 Å². The number of hydrogen-bond donors (Lipinski definition) is 0. The first kappa shape index (κ1) is 15.4. The largest absolute Gasteiger partial charge is 0.415 e. The minimum absolute atomic E-state index is 0.0723. The molecule has 1 aromatic carbocycles. The van der Waals surface area contributed by atoms with E-state index >= 15 is 0 Å². The first-order valence-corrected chi connectivity index (χ1v) is 8.24. The fourth-order valence-corrected chi connectivity index (χ4v) is 2.90. The van der Waals surface area contributed by atoms with Crippen LogP contribution < -0.4 is 9.57 Å². The van der Waals surface area contributed by atoms with E-state index in [0.717, 1.165) is 23.7 Å². The van der Waals surface area contributed by atoms with Crippen LogP contribution in [-0.2, 0) is 0 Å². The third kappa shape index (κ3) is 3.55. The number of ether oxygens (including phenoxy) is 1. The summed E-state index contributed by atoms with van der Waals surface area (Å²) in [5.74, 6) is 0.507.